The van der Waals surface area contributed by atoms with E-state index in [-0.39, 0.29) is 18.4 Å². The molecule has 0 saturated carbocycles. The van der Waals surface area contributed by atoms with Gasteiger partial charge in [-0.15, -0.1) is 0 Å². The summed E-state index contributed by atoms with van der Waals surface area (Å²) in [7, 11) is 0. The zero-order chi connectivity index (χ0) is 16.3. The van der Waals surface area contributed by atoms with Crippen molar-refractivity contribution in [2.24, 2.45) is 5.92 Å². The van der Waals surface area contributed by atoms with Crippen LogP contribution in [0.4, 0.5) is 10.5 Å². The normalized spacial score (nSPS) is 21.2. The van der Waals surface area contributed by atoms with Gasteiger partial charge in [0.1, 0.15) is 12.1 Å². The number of hydrogen-bond acceptors (Lipinski definition) is 3. The number of amides is 4. The highest BCUT2D eigenvalue weighted by Crippen LogP contribution is 2.24. The fourth-order valence-corrected chi connectivity index (χ4v) is 2.71. The Hall–Kier alpha value is -2.37. The molecule has 6 nitrogen and oxygen atoms in total. The van der Waals surface area contributed by atoms with E-state index in [0.29, 0.717) is 12.1 Å². The molecule has 1 aromatic carbocycles. The Morgan fingerprint density at radius 2 is 1.91 bits per heavy atom. The van der Waals surface area contributed by atoms with Crippen molar-refractivity contribution in [2.75, 3.05) is 11.9 Å². The van der Waals surface area contributed by atoms with Crippen molar-refractivity contribution in [2.45, 2.75) is 32.7 Å². The number of nitrogens with one attached hydrogen (secondary N) is 2. The van der Waals surface area contributed by atoms with Crippen molar-refractivity contribution in [3.8, 4) is 0 Å². The van der Waals surface area contributed by atoms with E-state index in [0.717, 1.165) is 4.90 Å². The average Bonchev–Trinajstić information content (AvgIpc) is 2.62. The molecule has 0 aromatic heterocycles. The largest absolute Gasteiger partial charge is 0.325 e. The van der Waals surface area contributed by atoms with Gasteiger partial charge in [-0.2, -0.15) is 0 Å². The van der Waals surface area contributed by atoms with E-state index >= 15 is 0 Å². The van der Waals surface area contributed by atoms with Crippen molar-refractivity contribution in [3.05, 3.63) is 30.3 Å². The fourth-order valence-electron chi connectivity index (χ4n) is 2.71. The molecular formula is C16H21N3O3. The molecule has 1 atom stereocenters. The molecule has 0 radical (unpaired) electrons. The molecule has 1 aliphatic heterocycles. The second-order valence-corrected chi connectivity index (χ2v) is 6.17. The molecule has 1 heterocycles. The van der Waals surface area contributed by atoms with Crippen molar-refractivity contribution < 1.29 is 14.4 Å². The number of hydrogen-bond donors (Lipinski definition) is 2. The summed E-state index contributed by atoms with van der Waals surface area (Å²) in [6.07, 6.45) is 0.536. The summed E-state index contributed by atoms with van der Waals surface area (Å²) in [5, 5.41) is 5.35. The summed E-state index contributed by atoms with van der Waals surface area (Å²) in [5.41, 5.74) is -0.303. The van der Waals surface area contributed by atoms with Crippen LogP contribution in [0.1, 0.15) is 27.2 Å². The van der Waals surface area contributed by atoms with Crippen LogP contribution in [0.25, 0.3) is 0 Å². The lowest BCUT2D eigenvalue weighted by atomic mass is 9.91. The van der Waals surface area contributed by atoms with Crippen LogP contribution in [0.2, 0.25) is 0 Å². The second-order valence-electron chi connectivity index (χ2n) is 6.17. The fraction of sp³-hybridized carbons (Fsp3) is 0.438. The lowest BCUT2D eigenvalue weighted by Gasteiger charge is -2.23. The molecule has 22 heavy (non-hydrogen) atoms. The number of benzene rings is 1. The molecule has 6 heteroatoms. The maximum Gasteiger partial charge on any atom is 0.325 e. The lowest BCUT2D eigenvalue weighted by molar-refractivity contribution is -0.133. The maximum absolute atomic E-state index is 12.4. The Morgan fingerprint density at radius 1 is 1.27 bits per heavy atom. The Labute approximate surface area is 129 Å². The third-order valence-corrected chi connectivity index (χ3v) is 3.52. The van der Waals surface area contributed by atoms with Gasteiger partial charge in [0.2, 0.25) is 5.91 Å². The molecule has 1 aromatic rings. The molecular weight excluding hydrogens is 282 g/mol. The highest BCUT2D eigenvalue weighted by Gasteiger charge is 2.48. The quantitative estimate of drug-likeness (QED) is 0.816. The predicted octanol–water partition coefficient (Wildman–Crippen LogP) is 1.98. The Morgan fingerprint density at radius 3 is 2.50 bits per heavy atom. The minimum Gasteiger partial charge on any atom is -0.325 e. The van der Waals surface area contributed by atoms with Gasteiger partial charge in [0.25, 0.3) is 5.91 Å². The Kier molecular flexibility index (Phi) is 4.49. The smallest absolute Gasteiger partial charge is 0.325 e. The van der Waals surface area contributed by atoms with E-state index in [1.807, 2.05) is 19.9 Å². The lowest BCUT2D eigenvalue weighted by Crippen LogP contribution is -2.45. The number of imide groups is 1. The third kappa shape index (κ3) is 3.44. The minimum absolute atomic E-state index is 0.257. The molecule has 4 amide bonds. The number of nitrogens with zero attached hydrogens (tertiary/aromatic N) is 1. The highest BCUT2D eigenvalue weighted by molar-refractivity contribution is 6.09. The maximum atomic E-state index is 12.4. The standard InChI is InChI=1S/C16H21N3O3/c1-11(2)9-16(3)14(21)19(15(22)18-16)10-13(20)17-12-7-5-4-6-8-12/h4-8,11H,9-10H2,1-3H3,(H,17,20)(H,18,22)/t16-/m1/s1. The van der Waals surface area contributed by atoms with Crippen molar-refractivity contribution in [1.29, 1.82) is 0 Å². The highest BCUT2D eigenvalue weighted by atomic mass is 16.2. The Bertz CT molecular complexity index is 586. The molecule has 2 N–H and O–H groups in total. The first-order valence-electron chi connectivity index (χ1n) is 7.31. The van der Waals surface area contributed by atoms with Crippen LogP contribution in [0, 0.1) is 5.92 Å². The predicted molar refractivity (Wildman–Crippen MR) is 83.2 cm³/mol. The molecule has 1 fully saturated rings. The van der Waals surface area contributed by atoms with E-state index in [2.05, 4.69) is 10.6 Å². The van der Waals surface area contributed by atoms with Crippen LogP contribution in [-0.4, -0.2) is 34.8 Å². The molecule has 0 spiro atoms. The van der Waals surface area contributed by atoms with E-state index < -0.39 is 17.5 Å². The van der Waals surface area contributed by atoms with Gasteiger partial charge in [0.05, 0.1) is 0 Å². The molecule has 0 aliphatic carbocycles. The van der Waals surface area contributed by atoms with Gasteiger partial charge in [0, 0.05) is 5.69 Å². The van der Waals surface area contributed by atoms with Crippen molar-refractivity contribution in [1.82, 2.24) is 10.2 Å². The molecule has 2 rings (SSSR count). The summed E-state index contributed by atoms with van der Waals surface area (Å²) in [6.45, 7) is 5.38. The third-order valence-electron chi connectivity index (χ3n) is 3.52. The van der Waals surface area contributed by atoms with Gasteiger partial charge in [-0.1, -0.05) is 32.0 Å². The first kappa shape index (κ1) is 16.0. The number of urea groups is 1. The molecule has 1 saturated heterocycles. The zero-order valence-electron chi connectivity index (χ0n) is 13.1. The van der Waals surface area contributed by atoms with Gasteiger partial charge in [-0.25, -0.2) is 4.79 Å². The number of para-hydroxylation sites is 1. The average molecular weight is 303 g/mol. The summed E-state index contributed by atoms with van der Waals surface area (Å²) in [5.74, 6) is -0.495. The van der Waals surface area contributed by atoms with Crippen LogP contribution >= 0.6 is 0 Å². The first-order valence-corrected chi connectivity index (χ1v) is 7.31. The van der Waals surface area contributed by atoms with E-state index in [9.17, 15) is 14.4 Å². The monoisotopic (exact) mass is 303 g/mol. The van der Waals surface area contributed by atoms with Gasteiger partial charge >= 0.3 is 6.03 Å². The number of anilines is 1. The van der Waals surface area contributed by atoms with Gasteiger partial charge in [-0.05, 0) is 31.4 Å². The zero-order valence-corrected chi connectivity index (χ0v) is 13.1. The van der Waals surface area contributed by atoms with E-state index in [1.165, 1.54) is 0 Å². The van der Waals surface area contributed by atoms with Crippen LogP contribution in [0.5, 0.6) is 0 Å². The SMILES string of the molecule is CC(C)C[C@@]1(C)NC(=O)N(CC(=O)Nc2ccccc2)C1=O. The topological polar surface area (TPSA) is 78.5 Å². The van der Waals surface area contributed by atoms with Crippen LogP contribution in [-0.2, 0) is 9.59 Å². The van der Waals surface area contributed by atoms with Crippen LogP contribution in [0.3, 0.4) is 0 Å². The minimum atomic E-state index is -0.932. The van der Waals surface area contributed by atoms with Gasteiger partial charge < -0.3 is 10.6 Å². The van der Waals surface area contributed by atoms with Crippen molar-refractivity contribution in [3.63, 3.8) is 0 Å². The second kappa shape index (κ2) is 6.17. The number of carbonyl (C=O) groups excluding carboxylic acids is 3. The molecule has 0 unspecified atom stereocenters. The summed E-state index contributed by atoms with van der Waals surface area (Å²) in [6, 6.07) is 8.40. The van der Waals surface area contributed by atoms with Crippen molar-refractivity contribution >= 4 is 23.5 Å². The van der Waals surface area contributed by atoms with Crippen LogP contribution in [0.15, 0.2) is 30.3 Å². The van der Waals surface area contributed by atoms with Gasteiger partial charge in [-0.3, -0.25) is 14.5 Å². The summed E-state index contributed by atoms with van der Waals surface area (Å²) < 4.78 is 0. The Balaban J connectivity index is 2.02. The number of carbonyl (C=O) groups is 3. The summed E-state index contributed by atoms with van der Waals surface area (Å²) in [4.78, 5) is 37.4. The van der Waals surface area contributed by atoms with E-state index in [4.69, 9.17) is 0 Å². The molecule has 0 bridgehead atoms. The summed E-state index contributed by atoms with van der Waals surface area (Å²) >= 11 is 0. The first-order chi connectivity index (χ1) is 10.3. The number of rotatable bonds is 5. The molecule has 1 aliphatic rings. The molecule has 118 valence electrons. The van der Waals surface area contributed by atoms with Gasteiger partial charge in [0.15, 0.2) is 0 Å². The van der Waals surface area contributed by atoms with E-state index in [1.54, 1.807) is 31.2 Å². The van der Waals surface area contributed by atoms with Crippen LogP contribution < -0.4 is 10.6 Å².